The van der Waals surface area contributed by atoms with Crippen molar-refractivity contribution in [3.63, 3.8) is 0 Å². The molecule has 0 aromatic carbocycles. The molecule has 0 aliphatic rings. The minimum Gasteiger partial charge on any atom is -1.00 e. The summed E-state index contributed by atoms with van der Waals surface area (Å²) >= 11 is 7.60. The zero-order chi connectivity index (χ0) is 6.57. The first-order valence-electron chi connectivity index (χ1n) is 2.20. The predicted octanol–water partition coefficient (Wildman–Crippen LogP) is -5.08. The van der Waals surface area contributed by atoms with Gasteiger partial charge in [0.15, 0.2) is 0 Å². The van der Waals surface area contributed by atoms with E-state index in [0.29, 0.717) is 12.2 Å². The summed E-state index contributed by atoms with van der Waals surface area (Å²) in [5.74, 6) is -0.303. The van der Waals surface area contributed by atoms with Crippen molar-refractivity contribution in [1.82, 2.24) is 0 Å². The van der Waals surface area contributed by atoms with Crippen molar-refractivity contribution in [2.45, 2.75) is 11.7 Å². The van der Waals surface area contributed by atoms with Crippen LogP contribution in [0.25, 0.3) is 0 Å². The molecule has 0 fully saturated rings. The van der Waals surface area contributed by atoms with E-state index in [1.807, 2.05) is 0 Å². The smallest absolute Gasteiger partial charge is 1.00 e. The summed E-state index contributed by atoms with van der Waals surface area (Å²) in [7, 11) is 0. The van der Waals surface area contributed by atoms with Gasteiger partial charge in [0, 0.05) is 0 Å². The quantitative estimate of drug-likeness (QED) is 0.315. The van der Waals surface area contributed by atoms with Gasteiger partial charge in [-0.15, -0.1) is 0 Å². The van der Waals surface area contributed by atoms with Gasteiger partial charge in [0.25, 0.3) is 0 Å². The first kappa shape index (κ1) is 18.1. The molecule has 0 saturated heterocycles. The second-order valence-electron chi connectivity index (χ2n) is 1.37. The van der Waals surface area contributed by atoms with Gasteiger partial charge in [0.05, 0.1) is 0 Å². The molecule has 1 atom stereocenters. The summed E-state index contributed by atoms with van der Waals surface area (Å²) in [6, 6.07) is 0. The maximum absolute atomic E-state index is 9.98. The molecule has 1 unspecified atom stereocenters. The number of carbonyl (C=O) groups is 1. The Balaban J connectivity index is -0.0000000408. The van der Waals surface area contributed by atoms with Gasteiger partial charge in [-0.1, -0.05) is 0 Å². The molecular formula is C4H10Na2O2S2. The van der Waals surface area contributed by atoms with E-state index >= 15 is 0 Å². The SMILES string of the molecule is O=C(O)C(S)CCS.[H-].[H-].[Na+].[Na+]. The first-order valence-corrected chi connectivity index (χ1v) is 3.35. The summed E-state index contributed by atoms with van der Waals surface area (Å²) < 4.78 is 0. The molecular weight excluding hydrogens is 190 g/mol. The summed E-state index contributed by atoms with van der Waals surface area (Å²) in [5.41, 5.74) is 0. The van der Waals surface area contributed by atoms with Gasteiger partial charge in [-0.3, -0.25) is 4.79 Å². The van der Waals surface area contributed by atoms with Crippen molar-refractivity contribution in [2.75, 3.05) is 5.75 Å². The van der Waals surface area contributed by atoms with Gasteiger partial charge in [0.2, 0.25) is 0 Å². The molecule has 0 aliphatic carbocycles. The monoisotopic (exact) mass is 200 g/mol. The van der Waals surface area contributed by atoms with Crippen molar-refractivity contribution >= 4 is 31.2 Å². The third kappa shape index (κ3) is 10.2. The van der Waals surface area contributed by atoms with Crippen LogP contribution in [0.15, 0.2) is 0 Å². The van der Waals surface area contributed by atoms with Crippen LogP contribution in [0, 0.1) is 0 Å². The van der Waals surface area contributed by atoms with E-state index in [2.05, 4.69) is 25.3 Å². The van der Waals surface area contributed by atoms with Gasteiger partial charge >= 0.3 is 65.1 Å². The maximum atomic E-state index is 9.98. The minimum atomic E-state index is -0.873. The van der Waals surface area contributed by atoms with E-state index in [1.165, 1.54) is 0 Å². The third-order valence-electron chi connectivity index (χ3n) is 0.688. The molecule has 0 aromatic rings. The van der Waals surface area contributed by atoms with E-state index in [-0.39, 0.29) is 62.0 Å². The van der Waals surface area contributed by atoms with Crippen LogP contribution in [0.2, 0.25) is 0 Å². The van der Waals surface area contributed by atoms with Crippen molar-refractivity contribution < 1.29 is 71.9 Å². The van der Waals surface area contributed by atoms with E-state index in [0.717, 1.165) is 0 Å². The van der Waals surface area contributed by atoms with Gasteiger partial charge in [-0.2, -0.15) is 25.3 Å². The molecule has 0 saturated carbocycles. The van der Waals surface area contributed by atoms with Gasteiger partial charge in [0.1, 0.15) is 5.25 Å². The van der Waals surface area contributed by atoms with Crippen molar-refractivity contribution in [3.05, 3.63) is 0 Å². The summed E-state index contributed by atoms with van der Waals surface area (Å²) in [5, 5.41) is 7.65. The number of rotatable bonds is 3. The summed E-state index contributed by atoms with van der Waals surface area (Å²) in [6.07, 6.45) is 0.515. The van der Waals surface area contributed by atoms with E-state index in [1.54, 1.807) is 0 Å². The molecule has 1 N–H and O–H groups in total. The van der Waals surface area contributed by atoms with E-state index in [9.17, 15) is 4.79 Å². The Morgan fingerprint density at radius 3 is 2.10 bits per heavy atom. The Labute approximate surface area is 119 Å². The van der Waals surface area contributed by atoms with Crippen LogP contribution in [-0.2, 0) is 4.79 Å². The largest absolute Gasteiger partial charge is 1.00 e. The maximum Gasteiger partial charge on any atom is 1.00 e. The van der Waals surface area contributed by atoms with Crippen LogP contribution >= 0.6 is 25.3 Å². The average molecular weight is 200 g/mol. The molecule has 2 nitrogen and oxygen atoms in total. The van der Waals surface area contributed by atoms with Crippen LogP contribution in [-0.4, -0.2) is 22.1 Å². The fourth-order valence-electron chi connectivity index (χ4n) is 0.246. The molecule has 0 bridgehead atoms. The zero-order valence-corrected chi connectivity index (χ0v) is 12.0. The average Bonchev–Trinajstić information content (AvgIpc) is 1.67. The topological polar surface area (TPSA) is 37.3 Å². The number of hydrogen-bond acceptors (Lipinski definition) is 3. The molecule has 0 aromatic heterocycles. The normalized spacial score (nSPS) is 10.6. The van der Waals surface area contributed by atoms with E-state index in [4.69, 9.17) is 5.11 Å². The number of thiol groups is 2. The standard InChI is InChI=1S/C4H8O2S2.2Na.2H/c5-4(6)3(8)1-2-7;;;;/h3,7-8H,1-2H2,(H,5,6);;;;/q;2*+1;2*-1. The Kier molecular flexibility index (Phi) is 20.2. The van der Waals surface area contributed by atoms with Gasteiger partial charge < -0.3 is 7.96 Å². The number of hydrogen-bond donors (Lipinski definition) is 3. The van der Waals surface area contributed by atoms with Crippen LogP contribution in [0.3, 0.4) is 0 Å². The molecule has 0 spiro atoms. The minimum absolute atomic E-state index is 0. The summed E-state index contributed by atoms with van der Waals surface area (Å²) in [4.78, 5) is 9.98. The fourth-order valence-corrected chi connectivity index (χ4v) is 0.837. The fraction of sp³-hybridized carbons (Fsp3) is 0.750. The third-order valence-corrected chi connectivity index (χ3v) is 1.42. The second kappa shape index (κ2) is 11.2. The Bertz CT molecular complexity index is 99.1. The molecule has 52 valence electrons. The van der Waals surface area contributed by atoms with Gasteiger partial charge in [-0.25, -0.2) is 0 Å². The van der Waals surface area contributed by atoms with Gasteiger partial charge in [-0.05, 0) is 12.2 Å². The van der Waals surface area contributed by atoms with Crippen LogP contribution in [0.4, 0.5) is 0 Å². The van der Waals surface area contributed by atoms with Crippen LogP contribution in [0.1, 0.15) is 9.27 Å². The van der Waals surface area contributed by atoms with Crippen molar-refractivity contribution in [1.29, 1.82) is 0 Å². The van der Waals surface area contributed by atoms with Crippen molar-refractivity contribution in [2.24, 2.45) is 0 Å². The molecule has 0 radical (unpaired) electrons. The molecule has 0 aliphatic heterocycles. The molecule has 6 heteroatoms. The van der Waals surface area contributed by atoms with Crippen LogP contribution < -0.4 is 59.1 Å². The number of carboxylic acids is 1. The number of carboxylic acid groups (broad SMARTS) is 1. The molecule has 10 heavy (non-hydrogen) atoms. The molecule has 0 rings (SSSR count). The Morgan fingerprint density at radius 2 is 2.00 bits per heavy atom. The second-order valence-corrected chi connectivity index (χ2v) is 2.44. The zero-order valence-electron chi connectivity index (χ0n) is 8.24. The summed E-state index contributed by atoms with van der Waals surface area (Å²) in [6.45, 7) is 0. The Hall–Kier alpha value is 2.17. The number of aliphatic carboxylic acids is 1. The Morgan fingerprint density at radius 1 is 1.60 bits per heavy atom. The predicted molar refractivity (Wildman–Crippen MR) is 41.1 cm³/mol. The van der Waals surface area contributed by atoms with Crippen LogP contribution in [0.5, 0.6) is 0 Å². The first-order chi connectivity index (χ1) is 3.68. The molecule has 0 heterocycles. The van der Waals surface area contributed by atoms with Crippen molar-refractivity contribution in [3.8, 4) is 0 Å². The molecule has 0 amide bonds. The van der Waals surface area contributed by atoms with E-state index < -0.39 is 11.2 Å².